The number of aliphatic hydroxyl groups is 1. The molecule has 0 spiro atoms. The van der Waals surface area contributed by atoms with Crippen molar-refractivity contribution in [2.75, 3.05) is 12.4 Å². The van der Waals surface area contributed by atoms with Crippen LogP contribution in [0.25, 0.3) is 0 Å². The smallest absolute Gasteiger partial charge is 0.137 e. The van der Waals surface area contributed by atoms with Crippen molar-refractivity contribution in [3.05, 3.63) is 29.6 Å². The van der Waals surface area contributed by atoms with Gasteiger partial charge in [-0.15, -0.1) is 11.8 Å². The first-order valence-electron chi connectivity index (χ1n) is 4.92. The summed E-state index contributed by atoms with van der Waals surface area (Å²) >= 11 is 1.35. The van der Waals surface area contributed by atoms with Crippen LogP contribution in [0.5, 0.6) is 0 Å². The fraction of sp³-hybridized carbons (Fsp3) is 0.364. The van der Waals surface area contributed by atoms with Gasteiger partial charge in [0.05, 0.1) is 0 Å². The van der Waals surface area contributed by atoms with Crippen molar-refractivity contribution in [1.82, 2.24) is 0 Å². The second kappa shape index (κ2) is 5.86. The van der Waals surface area contributed by atoms with E-state index in [4.69, 9.17) is 16.2 Å². The number of nitrogens with one attached hydrogen (secondary N) is 1. The molecule has 4 N–H and O–H groups in total. The third kappa shape index (κ3) is 3.50. The first-order valence-corrected chi connectivity index (χ1v) is 5.90. The Labute approximate surface area is 98.4 Å². The van der Waals surface area contributed by atoms with Crippen LogP contribution in [0.2, 0.25) is 0 Å². The minimum atomic E-state index is -0.372. The number of nitrogens with two attached hydrogens (primary N) is 1. The molecule has 16 heavy (non-hydrogen) atoms. The zero-order chi connectivity index (χ0) is 12.1. The molecule has 0 amide bonds. The average Bonchev–Trinajstić information content (AvgIpc) is 2.26. The van der Waals surface area contributed by atoms with Crippen LogP contribution in [-0.4, -0.2) is 23.3 Å². The highest BCUT2D eigenvalue weighted by atomic mass is 32.2. The molecule has 0 radical (unpaired) electrons. The monoisotopic (exact) mass is 242 g/mol. The minimum absolute atomic E-state index is 0.0974. The fourth-order valence-corrected chi connectivity index (χ4v) is 2.00. The van der Waals surface area contributed by atoms with Crippen LogP contribution in [0.1, 0.15) is 12.5 Å². The summed E-state index contributed by atoms with van der Waals surface area (Å²) in [5, 5.41) is 16.0. The zero-order valence-electron chi connectivity index (χ0n) is 9.03. The van der Waals surface area contributed by atoms with Crippen LogP contribution in [0.15, 0.2) is 23.1 Å². The SMILES string of the molecule is CC(CO)CSc1ccc(C(=N)N)cc1F. The van der Waals surface area contributed by atoms with Crippen LogP contribution < -0.4 is 5.73 Å². The number of hydrogen-bond donors (Lipinski definition) is 3. The number of nitrogen functional groups attached to an aromatic ring is 1. The van der Waals surface area contributed by atoms with Gasteiger partial charge >= 0.3 is 0 Å². The van der Waals surface area contributed by atoms with Gasteiger partial charge in [-0.1, -0.05) is 6.92 Å². The van der Waals surface area contributed by atoms with E-state index in [2.05, 4.69) is 0 Å². The van der Waals surface area contributed by atoms with Crippen molar-refractivity contribution in [2.45, 2.75) is 11.8 Å². The standard InChI is InChI=1S/C11H15FN2OS/c1-7(5-15)6-16-10-3-2-8(11(13)14)4-9(10)12/h2-4,7,15H,5-6H2,1H3,(H3,13,14). The van der Waals surface area contributed by atoms with Gasteiger partial charge in [0.2, 0.25) is 0 Å². The zero-order valence-corrected chi connectivity index (χ0v) is 9.85. The predicted molar refractivity (Wildman–Crippen MR) is 64.4 cm³/mol. The summed E-state index contributed by atoms with van der Waals surface area (Å²) in [6, 6.07) is 4.49. The fourth-order valence-electron chi connectivity index (χ4n) is 1.07. The summed E-state index contributed by atoms with van der Waals surface area (Å²) in [6.07, 6.45) is 0. The largest absolute Gasteiger partial charge is 0.396 e. The Morgan fingerprint density at radius 2 is 2.31 bits per heavy atom. The predicted octanol–water partition coefficient (Wildman–Crippen LogP) is 1.83. The molecular formula is C11H15FN2OS. The highest BCUT2D eigenvalue weighted by molar-refractivity contribution is 7.99. The van der Waals surface area contributed by atoms with Crippen LogP contribution >= 0.6 is 11.8 Å². The first-order chi connectivity index (χ1) is 7.54. The van der Waals surface area contributed by atoms with Gasteiger partial charge < -0.3 is 10.8 Å². The second-order valence-corrected chi connectivity index (χ2v) is 4.72. The van der Waals surface area contributed by atoms with E-state index in [9.17, 15) is 4.39 Å². The first kappa shape index (κ1) is 13.0. The molecule has 0 aromatic heterocycles. The Morgan fingerprint density at radius 3 is 2.81 bits per heavy atom. The Balaban J connectivity index is 2.72. The van der Waals surface area contributed by atoms with Crippen LogP contribution in [-0.2, 0) is 0 Å². The molecule has 0 bridgehead atoms. The van der Waals surface area contributed by atoms with E-state index in [1.807, 2.05) is 6.92 Å². The highest BCUT2D eigenvalue weighted by Gasteiger charge is 2.07. The van der Waals surface area contributed by atoms with Gasteiger partial charge in [-0.05, 0) is 24.1 Å². The van der Waals surface area contributed by atoms with Gasteiger partial charge in [-0.3, -0.25) is 5.41 Å². The van der Waals surface area contributed by atoms with E-state index in [-0.39, 0.29) is 24.2 Å². The Bertz CT molecular complexity index is 384. The molecule has 3 nitrogen and oxygen atoms in total. The molecule has 5 heteroatoms. The second-order valence-electron chi connectivity index (χ2n) is 3.66. The number of aliphatic hydroxyl groups excluding tert-OH is 1. The number of amidine groups is 1. The van der Waals surface area contributed by atoms with Crippen molar-refractivity contribution >= 4 is 17.6 Å². The summed E-state index contributed by atoms with van der Waals surface area (Å²) < 4.78 is 13.5. The molecule has 0 heterocycles. The molecule has 88 valence electrons. The normalized spacial score (nSPS) is 12.4. The summed E-state index contributed by atoms with van der Waals surface area (Å²) in [6.45, 7) is 2.00. The van der Waals surface area contributed by atoms with Crippen molar-refractivity contribution in [1.29, 1.82) is 5.41 Å². The Hall–Kier alpha value is -1.07. The van der Waals surface area contributed by atoms with Gasteiger partial charge in [0.15, 0.2) is 0 Å². The maximum absolute atomic E-state index is 13.5. The van der Waals surface area contributed by atoms with Gasteiger partial charge in [0.25, 0.3) is 0 Å². The Morgan fingerprint density at radius 1 is 1.62 bits per heavy atom. The van der Waals surface area contributed by atoms with Crippen LogP contribution in [0, 0.1) is 17.1 Å². The van der Waals surface area contributed by atoms with Crippen molar-refractivity contribution < 1.29 is 9.50 Å². The summed E-state index contributed by atoms with van der Waals surface area (Å²) in [7, 11) is 0. The Kier molecular flexibility index (Phi) is 4.76. The minimum Gasteiger partial charge on any atom is -0.396 e. The molecule has 0 saturated heterocycles. The van der Waals surface area contributed by atoms with Crippen LogP contribution in [0.4, 0.5) is 4.39 Å². The molecular weight excluding hydrogens is 227 g/mol. The average molecular weight is 242 g/mol. The molecule has 0 saturated carbocycles. The maximum atomic E-state index is 13.5. The van der Waals surface area contributed by atoms with Gasteiger partial charge in [0, 0.05) is 22.8 Å². The third-order valence-electron chi connectivity index (χ3n) is 2.08. The quantitative estimate of drug-likeness (QED) is 0.419. The summed E-state index contributed by atoms with van der Waals surface area (Å²) in [4.78, 5) is 0.519. The van der Waals surface area contributed by atoms with E-state index in [0.29, 0.717) is 16.2 Å². The number of thioether (sulfide) groups is 1. The van der Waals surface area contributed by atoms with E-state index in [1.54, 1.807) is 12.1 Å². The van der Waals surface area contributed by atoms with Crippen molar-refractivity contribution in [2.24, 2.45) is 11.7 Å². The number of hydrogen-bond acceptors (Lipinski definition) is 3. The lowest BCUT2D eigenvalue weighted by Crippen LogP contribution is -2.11. The molecule has 1 aromatic carbocycles. The molecule has 0 aliphatic heterocycles. The highest BCUT2D eigenvalue weighted by Crippen LogP contribution is 2.24. The number of rotatable bonds is 5. The molecule has 0 aliphatic rings. The molecule has 1 rings (SSSR count). The number of benzene rings is 1. The van der Waals surface area contributed by atoms with Gasteiger partial charge in [-0.2, -0.15) is 0 Å². The molecule has 1 unspecified atom stereocenters. The third-order valence-corrected chi connectivity index (χ3v) is 3.46. The molecule has 0 aliphatic carbocycles. The summed E-state index contributed by atoms with van der Waals surface area (Å²) in [5.41, 5.74) is 5.64. The maximum Gasteiger partial charge on any atom is 0.137 e. The van der Waals surface area contributed by atoms with Crippen molar-refractivity contribution in [3.8, 4) is 0 Å². The lowest BCUT2D eigenvalue weighted by atomic mass is 10.2. The van der Waals surface area contributed by atoms with Crippen molar-refractivity contribution in [3.63, 3.8) is 0 Å². The summed E-state index contributed by atoms with van der Waals surface area (Å²) in [5.74, 6) is 0.284. The molecule has 1 atom stereocenters. The van der Waals surface area contributed by atoms with E-state index >= 15 is 0 Å². The molecule has 0 fully saturated rings. The van der Waals surface area contributed by atoms with Gasteiger partial charge in [-0.25, -0.2) is 4.39 Å². The topological polar surface area (TPSA) is 70.1 Å². The van der Waals surface area contributed by atoms with Gasteiger partial charge in [0.1, 0.15) is 11.7 Å². The molecule has 1 aromatic rings. The lowest BCUT2D eigenvalue weighted by molar-refractivity contribution is 0.250. The lowest BCUT2D eigenvalue weighted by Gasteiger charge is -2.08. The van der Waals surface area contributed by atoms with Crippen LogP contribution in [0.3, 0.4) is 0 Å². The van der Waals surface area contributed by atoms with E-state index in [1.165, 1.54) is 17.8 Å². The van der Waals surface area contributed by atoms with E-state index < -0.39 is 0 Å². The number of halogens is 1. The van der Waals surface area contributed by atoms with E-state index in [0.717, 1.165) is 0 Å².